The van der Waals surface area contributed by atoms with Gasteiger partial charge >= 0.3 is 0 Å². The number of fused-ring (bicyclic) bond motifs is 9. The van der Waals surface area contributed by atoms with Gasteiger partial charge in [-0.25, -0.2) is 9.97 Å². The fourth-order valence-corrected chi connectivity index (χ4v) is 8.48. The van der Waals surface area contributed by atoms with E-state index in [-0.39, 0.29) is 0 Å². The summed E-state index contributed by atoms with van der Waals surface area (Å²) in [5.74, 6) is 1.35. The number of aromatic nitrogens is 4. The molecule has 0 amide bonds. The van der Waals surface area contributed by atoms with Gasteiger partial charge in [-0.3, -0.25) is 4.57 Å². The van der Waals surface area contributed by atoms with Crippen molar-refractivity contribution in [2.24, 2.45) is 0 Å². The molecule has 0 atom stereocenters. The van der Waals surface area contributed by atoms with E-state index in [9.17, 15) is 0 Å². The van der Waals surface area contributed by atoms with E-state index in [1.165, 1.54) is 16.3 Å². The van der Waals surface area contributed by atoms with Crippen molar-refractivity contribution < 1.29 is 4.42 Å². The summed E-state index contributed by atoms with van der Waals surface area (Å²) in [6.07, 6.45) is 1.83. The Kier molecular flexibility index (Phi) is 6.55. The third-order valence-electron chi connectivity index (χ3n) is 10.9. The molecular weight excluding hydrogens is 661 g/mol. The number of benzene rings is 7. The highest BCUT2D eigenvalue weighted by molar-refractivity contribution is 6.22. The highest BCUT2D eigenvalue weighted by Crippen LogP contribution is 2.45. The third-order valence-corrected chi connectivity index (χ3v) is 10.9. The van der Waals surface area contributed by atoms with Crippen LogP contribution in [0.15, 0.2) is 169 Å². The molecule has 0 fully saturated rings. The maximum Gasteiger partial charge on any atom is 0.235 e. The standard InChI is InChI=1S/C49H32N4O/c1-3-44-45(33-18-8-7-15-30(33)2)37-26-28-43-46(48(37)54-44)38-29-32(52-40-23-13-10-19-34(40)35-20-11-14-24-41(35)52)25-27-42(38)53(43)49-50-39-22-12-9-21-36(39)47(51-49)31-16-5-4-6-17-31/h3-29H,1H2,2H3. The van der Waals surface area contributed by atoms with Crippen LogP contribution in [0.4, 0.5) is 0 Å². The summed E-state index contributed by atoms with van der Waals surface area (Å²) in [7, 11) is 0. The molecule has 0 spiro atoms. The Balaban J connectivity index is 1.28. The lowest BCUT2D eigenvalue weighted by atomic mass is 9.97. The van der Waals surface area contributed by atoms with Crippen molar-refractivity contribution in [1.29, 1.82) is 0 Å². The molecule has 7 aromatic carbocycles. The molecule has 0 saturated heterocycles. The minimum atomic E-state index is 0.603. The summed E-state index contributed by atoms with van der Waals surface area (Å²) >= 11 is 0. The van der Waals surface area contributed by atoms with Crippen molar-refractivity contribution >= 4 is 71.6 Å². The summed E-state index contributed by atoms with van der Waals surface area (Å²) in [6.45, 7) is 6.33. The molecule has 0 saturated carbocycles. The van der Waals surface area contributed by atoms with Gasteiger partial charge in [0.2, 0.25) is 5.95 Å². The molecule has 0 aliphatic rings. The first-order chi connectivity index (χ1) is 26.7. The number of nitrogens with zero attached hydrogens (tertiary/aromatic N) is 4. The second-order valence-electron chi connectivity index (χ2n) is 13.9. The Hall–Kier alpha value is -7.24. The molecule has 0 unspecified atom stereocenters. The zero-order valence-corrected chi connectivity index (χ0v) is 29.5. The number of rotatable bonds is 5. The summed E-state index contributed by atoms with van der Waals surface area (Å²) in [5, 5.41) is 6.55. The van der Waals surface area contributed by atoms with Crippen LogP contribution in [0, 0.1) is 6.92 Å². The normalized spacial score (nSPS) is 11.9. The van der Waals surface area contributed by atoms with E-state index in [1.54, 1.807) is 0 Å². The van der Waals surface area contributed by atoms with Gasteiger partial charge in [-0.2, -0.15) is 0 Å². The topological polar surface area (TPSA) is 48.8 Å². The molecule has 0 aliphatic carbocycles. The summed E-state index contributed by atoms with van der Waals surface area (Å²) in [5.41, 5.74) is 12.3. The molecule has 54 heavy (non-hydrogen) atoms. The fraction of sp³-hybridized carbons (Fsp3) is 0.0204. The van der Waals surface area contributed by atoms with Crippen LogP contribution >= 0.6 is 0 Å². The van der Waals surface area contributed by atoms with Crippen molar-refractivity contribution in [3.05, 3.63) is 176 Å². The van der Waals surface area contributed by atoms with Crippen LogP contribution in [0.3, 0.4) is 0 Å². The molecular formula is C49H32N4O. The zero-order valence-electron chi connectivity index (χ0n) is 29.5. The van der Waals surface area contributed by atoms with Crippen LogP contribution in [-0.4, -0.2) is 19.1 Å². The molecule has 11 rings (SSSR count). The van der Waals surface area contributed by atoms with Gasteiger partial charge in [0, 0.05) is 43.7 Å². The van der Waals surface area contributed by atoms with Gasteiger partial charge in [-0.05, 0) is 72.7 Å². The van der Waals surface area contributed by atoms with Crippen LogP contribution in [-0.2, 0) is 0 Å². The van der Waals surface area contributed by atoms with Crippen LogP contribution in [0.5, 0.6) is 0 Å². The smallest absolute Gasteiger partial charge is 0.235 e. The minimum absolute atomic E-state index is 0.603. The van der Waals surface area contributed by atoms with Gasteiger partial charge in [0.05, 0.1) is 38.7 Å². The van der Waals surface area contributed by atoms with Crippen LogP contribution in [0.1, 0.15) is 11.3 Å². The number of para-hydroxylation sites is 3. The first-order valence-corrected chi connectivity index (χ1v) is 18.2. The van der Waals surface area contributed by atoms with E-state index < -0.39 is 0 Å². The maximum atomic E-state index is 6.88. The quantitative estimate of drug-likeness (QED) is 0.180. The van der Waals surface area contributed by atoms with E-state index in [1.807, 2.05) is 24.3 Å². The molecule has 11 aromatic rings. The largest absolute Gasteiger partial charge is 0.455 e. The second kappa shape index (κ2) is 11.6. The zero-order chi connectivity index (χ0) is 35.9. The second-order valence-corrected chi connectivity index (χ2v) is 13.9. The molecule has 0 bridgehead atoms. The number of hydrogen-bond acceptors (Lipinski definition) is 3. The summed E-state index contributed by atoms with van der Waals surface area (Å²) in [6, 6.07) is 55.4. The van der Waals surface area contributed by atoms with Crippen molar-refractivity contribution in [2.75, 3.05) is 0 Å². The molecule has 4 aromatic heterocycles. The molecule has 4 heterocycles. The van der Waals surface area contributed by atoms with E-state index in [0.717, 1.165) is 88.5 Å². The Bertz CT molecular complexity index is 3250. The minimum Gasteiger partial charge on any atom is -0.455 e. The first-order valence-electron chi connectivity index (χ1n) is 18.2. The average Bonchev–Trinajstić information content (AvgIpc) is 3.88. The Morgan fingerprint density at radius 3 is 1.96 bits per heavy atom. The molecule has 5 nitrogen and oxygen atoms in total. The average molecular weight is 693 g/mol. The highest BCUT2D eigenvalue weighted by Gasteiger charge is 2.24. The fourth-order valence-electron chi connectivity index (χ4n) is 8.48. The predicted octanol–water partition coefficient (Wildman–Crippen LogP) is 12.9. The van der Waals surface area contributed by atoms with Gasteiger partial charge in [0.15, 0.2) is 0 Å². The summed E-state index contributed by atoms with van der Waals surface area (Å²) in [4.78, 5) is 10.6. The Morgan fingerprint density at radius 1 is 0.556 bits per heavy atom. The van der Waals surface area contributed by atoms with Crippen molar-refractivity contribution in [1.82, 2.24) is 19.1 Å². The van der Waals surface area contributed by atoms with E-state index in [2.05, 4.69) is 162 Å². The summed E-state index contributed by atoms with van der Waals surface area (Å²) < 4.78 is 11.4. The number of furan rings is 1. The monoisotopic (exact) mass is 692 g/mol. The van der Waals surface area contributed by atoms with Crippen LogP contribution < -0.4 is 0 Å². The van der Waals surface area contributed by atoms with Gasteiger partial charge in [0.1, 0.15) is 11.3 Å². The Labute approximate surface area is 310 Å². The maximum absolute atomic E-state index is 6.88. The predicted molar refractivity (Wildman–Crippen MR) is 224 cm³/mol. The van der Waals surface area contributed by atoms with Crippen molar-refractivity contribution in [3.63, 3.8) is 0 Å². The van der Waals surface area contributed by atoms with E-state index in [4.69, 9.17) is 14.4 Å². The van der Waals surface area contributed by atoms with Crippen LogP contribution in [0.25, 0.3) is 106 Å². The van der Waals surface area contributed by atoms with Gasteiger partial charge < -0.3 is 8.98 Å². The molecule has 254 valence electrons. The lowest BCUT2D eigenvalue weighted by Gasteiger charge is -2.12. The highest BCUT2D eigenvalue weighted by atomic mass is 16.3. The van der Waals surface area contributed by atoms with Crippen LogP contribution in [0.2, 0.25) is 0 Å². The third kappa shape index (κ3) is 4.33. The molecule has 0 radical (unpaired) electrons. The molecule has 5 heteroatoms. The van der Waals surface area contributed by atoms with Crippen molar-refractivity contribution in [3.8, 4) is 34.0 Å². The number of aryl methyl sites for hydroxylation is 1. The van der Waals surface area contributed by atoms with Gasteiger partial charge in [-0.15, -0.1) is 0 Å². The van der Waals surface area contributed by atoms with E-state index in [0.29, 0.717) is 5.95 Å². The van der Waals surface area contributed by atoms with Crippen molar-refractivity contribution in [2.45, 2.75) is 6.92 Å². The SMILES string of the molecule is C=Cc1oc2c(ccc3c2c2cc(-n4c5ccccc5c5ccccc54)ccc2n3-c2nc(-c3ccccc3)c3ccccc3n2)c1-c1ccccc1C. The Morgan fingerprint density at radius 2 is 1.20 bits per heavy atom. The van der Waals surface area contributed by atoms with Gasteiger partial charge in [0.25, 0.3) is 0 Å². The van der Waals surface area contributed by atoms with Gasteiger partial charge in [-0.1, -0.05) is 116 Å². The lowest BCUT2D eigenvalue weighted by Crippen LogP contribution is -2.03. The molecule has 0 aliphatic heterocycles. The lowest BCUT2D eigenvalue weighted by molar-refractivity contribution is 0.609. The first kappa shape index (κ1) is 30.4. The number of hydrogen-bond donors (Lipinski definition) is 0. The molecule has 0 N–H and O–H groups in total. The van der Waals surface area contributed by atoms with E-state index >= 15 is 0 Å².